The minimum atomic E-state index is -4.35. The maximum absolute atomic E-state index is 12.0. The Labute approximate surface area is 109 Å². The molecule has 0 fully saturated rings. The molecule has 0 saturated heterocycles. The third-order valence-electron chi connectivity index (χ3n) is 2.84. The number of carboxylic acids is 1. The van der Waals surface area contributed by atoms with E-state index >= 15 is 0 Å². The molecule has 5 nitrogen and oxygen atoms in total. The molecule has 0 aromatic heterocycles. The summed E-state index contributed by atoms with van der Waals surface area (Å²) in [6.45, 7) is 2.90. The van der Waals surface area contributed by atoms with E-state index in [4.69, 9.17) is 5.11 Å². The monoisotopic (exact) mass is 284 g/mol. The van der Waals surface area contributed by atoms with E-state index in [0.717, 1.165) is 4.90 Å². The molecule has 0 aliphatic carbocycles. The highest BCUT2D eigenvalue weighted by atomic mass is 19.4. The van der Waals surface area contributed by atoms with Gasteiger partial charge in [0.15, 0.2) is 0 Å². The standard InChI is InChI=1S/C11H19F3N2O3/c1-4-7(2)8(9(17)18)15-10(19)16(3)6-5-11(12,13)14/h7-8H,4-6H2,1-3H3,(H,15,19)(H,17,18)/t7?,8-/m0/s1. The molecule has 0 aromatic carbocycles. The number of urea groups is 1. The molecule has 8 heteroatoms. The van der Waals surface area contributed by atoms with Crippen molar-refractivity contribution in [2.45, 2.75) is 38.9 Å². The molecule has 0 aliphatic rings. The summed E-state index contributed by atoms with van der Waals surface area (Å²) in [5.41, 5.74) is 0. The van der Waals surface area contributed by atoms with Crippen LogP contribution in [0.3, 0.4) is 0 Å². The molecule has 0 spiro atoms. The van der Waals surface area contributed by atoms with Gasteiger partial charge in [-0.15, -0.1) is 0 Å². The van der Waals surface area contributed by atoms with Gasteiger partial charge >= 0.3 is 18.2 Å². The Balaban J connectivity index is 4.44. The first-order valence-corrected chi connectivity index (χ1v) is 5.89. The van der Waals surface area contributed by atoms with E-state index in [9.17, 15) is 22.8 Å². The summed E-state index contributed by atoms with van der Waals surface area (Å²) >= 11 is 0. The average Bonchev–Trinajstić information content (AvgIpc) is 2.30. The first kappa shape index (κ1) is 17.5. The fraction of sp³-hybridized carbons (Fsp3) is 0.818. The quantitative estimate of drug-likeness (QED) is 0.784. The number of aliphatic carboxylic acids is 1. The van der Waals surface area contributed by atoms with Crippen LogP contribution in [0, 0.1) is 5.92 Å². The predicted molar refractivity (Wildman–Crippen MR) is 62.7 cm³/mol. The molecule has 0 heterocycles. The summed E-state index contributed by atoms with van der Waals surface area (Å²) in [7, 11) is 1.19. The molecule has 0 aromatic rings. The SMILES string of the molecule is CCC(C)[C@H](NC(=O)N(C)CCC(F)(F)F)C(=O)O. The third-order valence-corrected chi connectivity index (χ3v) is 2.84. The van der Waals surface area contributed by atoms with E-state index in [0.29, 0.717) is 6.42 Å². The van der Waals surface area contributed by atoms with Crippen LogP contribution in [0.2, 0.25) is 0 Å². The second kappa shape index (κ2) is 7.20. The lowest BCUT2D eigenvalue weighted by Crippen LogP contribution is -2.50. The van der Waals surface area contributed by atoms with Crippen LogP contribution in [0.25, 0.3) is 0 Å². The Morgan fingerprint density at radius 2 is 1.89 bits per heavy atom. The van der Waals surface area contributed by atoms with Crippen molar-refractivity contribution in [3.63, 3.8) is 0 Å². The van der Waals surface area contributed by atoms with Crippen molar-refractivity contribution in [2.75, 3.05) is 13.6 Å². The Hall–Kier alpha value is -1.47. The average molecular weight is 284 g/mol. The molecule has 2 amide bonds. The molecule has 1 unspecified atom stereocenters. The smallest absolute Gasteiger partial charge is 0.390 e. The van der Waals surface area contributed by atoms with Crippen LogP contribution < -0.4 is 5.32 Å². The van der Waals surface area contributed by atoms with E-state index in [-0.39, 0.29) is 5.92 Å². The highest BCUT2D eigenvalue weighted by Crippen LogP contribution is 2.19. The number of nitrogens with zero attached hydrogens (tertiary/aromatic N) is 1. The van der Waals surface area contributed by atoms with Crippen molar-refractivity contribution in [3.8, 4) is 0 Å². The van der Waals surface area contributed by atoms with Crippen molar-refractivity contribution in [3.05, 3.63) is 0 Å². The molecule has 0 aliphatic heterocycles. The summed E-state index contributed by atoms with van der Waals surface area (Å²) < 4.78 is 36.0. The number of hydrogen-bond acceptors (Lipinski definition) is 2. The van der Waals surface area contributed by atoms with Crippen LogP contribution in [-0.2, 0) is 4.79 Å². The van der Waals surface area contributed by atoms with Gasteiger partial charge in [0.05, 0.1) is 6.42 Å². The molecular formula is C11H19F3N2O3. The summed E-state index contributed by atoms with van der Waals surface area (Å²) in [4.78, 5) is 23.4. The molecule has 19 heavy (non-hydrogen) atoms. The number of hydrogen-bond donors (Lipinski definition) is 2. The lowest BCUT2D eigenvalue weighted by molar-refractivity contribution is -0.141. The third kappa shape index (κ3) is 6.88. The number of amides is 2. The zero-order chi connectivity index (χ0) is 15.2. The normalized spacial score (nSPS) is 14.6. The van der Waals surface area contributed by atoms with Gasteiger partial charge in [-0.25, -0.2) is 9.59 Å². The molecule has 0 radical (unpaired) electrons. The number of rotatable bonds is 6. The Bertz CT molecular complexity index is 321. The van der Waals surface area contributed by atoms with Crippen molar-refractivity contribution < 1.29 is 27.9 Å². The highest BCUT2D eigenvalue weighted by Gasteiger charge is 2.30. The second-order valence-electron chi connectivity index (χ2n) is 4.44. The Morgan fingerprint density at radius 3 is 2.26 bits per heavy atom. The van der Waals surface area contributed by atoms with Gasteiger partial charge < -0.3 is 15.3 Å². The van der Waals surface area contributed by atoms with Crippen molar-refractivity contribution in [2.24, 2.45) is 5.92 Å². The molecule has 112 valence electrons. The molecule has 2 atom stereocenters. The largest absolute Gasteiger partial charge is 0.480 e. The first-order chi connectivity index (χ1) is 8.58. The van der Waals surface area contributed by atoms with Crippen molar-refractivity contribution in [1.29, 1.82) is 0 Å². The van der Waals surface area contributed by atoms with Crippen LogP contribution >= 0.6 is 0 Å². The molecule has 2 N–H and O–H groups in total. The van der Waals surface area contributed by atoms with Crippen LogP contribution in [0.4, 0.5) is 18.0 Å². The van der Waals surface area contributed by atoms with Gasteiger partial charge in [0.2, 0.25) is 0 Å². The fourth-order valence-electron chi connectivity index (χ4n) is 1.32. The Kier molecular flexibility index (Phi) is 6.64. The second-order valence-corrected chi connectivity index (χ2v) is 4.44. The molecule has 0 saturated carbocycles. The highest BCUT2D eigenvalue weighted by molar-refractivity contribution is 5.82. The minimum Gasteiger partial charge on any atom is -0.480 e. The van der Waals surface area contributed by atoms with E-state index in [2.05, 4.69) is 5.32 Å². The lowest BCUT2D eigenvalue weighted by atomic mass is 9.99. The van der Waals surface area contributed by atoms with Crippen molar-refractivity contribution in [1.82, 2.24) is 10.2 Å². The van der Waals surface area contributed by atoms with Gasteiger partial charge in [0.25, 0.3) is 0 Å². The lowest BCUT2D eigenvalue weighted by Gasteiger charge is -2.24. The maximum Gasteiger partial charge on any atom is 0.390 e. The van der Waals surface area contributed by atoms with Gasteiger partial charge in [-0.3, -0.25) is 0 Å². The zero-order valence-corrected chi connectivity index (χ0v) is 11.1. The van der Waals surface area contributed by atoms with E-state index < -0.39 is 37.2 Å². The summed E-state index contributed by atoms with van der Waals surface area (Å²) in [6.07, 6.45) is -4.95. The van der Waals surface area contributed by atoms with Gasteiger partial charge in [-0.05, 0) is 5.92 Å². The minimum absolute atomic E-state index is 0.308. The number of halogens is 3. The Morgan fingerprint density at radius 1 is 1.37 bits per heavy atom. The number of carboxylic acid groups (broad SMARTS) is 1. The number of carbonyl (C=O) groups is 2. The summed E-state index contributed by atoms with van der Waals surface area (Å²) in [6, 6.07) is -1.93. The molecule has 0 bridgehead atoms. The molecular weight excluding hydrogens is 265 g/mol. The van der Waals surface area contributed by atoms with E-state index in [1.54, 1.807) is 13.8 Å². The van der Waals surface area contributed by atoms with Gasteiger partial charge in [0, 0.05) is 13.6 Å². The topological polar surface area (TPSA) is 69.6 Å². The number of nitrogens with one attached hydrogen (secondary N) is 1. The summed E-state index contributed by atoms with van der Waals surface area (Å²) in [5.74, 6) is -1.51. The van der Waals surface area contributed by atoms with E-state index in [1.165, 1.54) is 7.05 Å². The van der Waals surface area contributed by atoms with Crippen LogP contribution in [0.5, 0.6) is 0 Å². The first-order valence-electron chi connectivity index (χ1n) is 5.89. The van der Waals surface area contributed by atoms with Crippen LogP contribution in [0.15, 0.2) is 0 Å². The van der Waals surface area contributed by atoms with E-state index in [1.807, 2.05) is 0 Å². The predicted octanol–water partition coefficient (Wildman–Crippen LogP) is 2.08. The van der Waals surface area contributed by atoms with Gasteiger partial charge in [-0.2, -0.15) is 13.2 Å². The van der Waals surface area contributed by atoms with Crippen LogP contribution in [-0.4, -0.2) is 47.8 Å². The van der Waals surface area contributed by atoms with Gasteiger partial charge in [-0.1, -0.05) is 20.3 Å². The fourth-order valence-corrected chi connectivity index (χ4v) is 1.32. The number of alkyl halides is 3. The summed E-state index contributed by atoms with van der Waals surface area (Å²) in [5, 5.41) is 11.2. The maximum atomic E-state index is 12.0. The van der Waals surface area contributed by atoms with Gasteiger partial charge in [0.1, 0.15) is 6.04 Å². The van der Waals surface area contributed by atoms with Crippen LogP contribution in [0.1, 0.15) is 26.7 Å². The number of carbonyl (C=O) groups excluding carboxylic acids is 1. The molecule has 0 rings (SSSR count). The van der Waals surface area contributed by atoms with Crippen molar-refractivity contribution >= 4 is 12.0 Å². The zero-order valence-electron chi connectivity index (χ0n) is 11.1.